The summed E-state index contributed by atoms with van der Waals surface area (Å²) < 4.78 is 4.63. The molecule has 1 rings (SSSR count). The van der Waals surface area contributed by atoms with Gasteiger partial charge in [-0.15, -0.1) is 0 Å². The normalized spacial score (nSPS) is 9.94. The van der Waals surface area contributed by atoms with Crippen molar-refractivity contribution in [3.8, 4) is 0 Å². The molecule has 2 N–H and O–H groups in total. The number of hydrogen-bond acceptors (Lipinski definition) is 4. The average molecular weight is 271 g/mol. The van der Waals surface area contributed by atoms with Crippen molar-refractivity contribution in [2.24, 2.45) is 0 Å². The summed E-state index contributed by atoms with van der Waals surface area (Å²) >= 11 is 5.81. The van der Waals surface area contributed by atoms with E-state index in [-0.39, 0.29) is 11.5 Å². The highest BCUT2D eigenvalue weighted by Gasteiger charge is 2.14. The van der Waals surface area contributed by atoms with Crippen molar-refractivity contribution >= 4 is 29.2 Å². The van der Waals surface area contributed by atoms with Crippen molar-refractivity contribution in [1.82, 2.24) is 5.32 Å². The molecule has 0 bridgehead atoms. The summed E-state index contributed by atoms with van der Waals surface area (Å²) in [6.45, 7) is 0.562. The highest BCUT2D eigenvalue weighted by atomic mass is 35.5. The summed E-state index contributed by atoms with van der Waals surface area (Å²) in [5, 5.41) is 5.92. The first-order chi connectivity index (χ1) is 8.58. The van der Waals surface area contributed by atoms with Crippen molar-refractivity contribution in [3.63, 3.8) is 0 Å². The molecule has 0 saturated carbocycles. The topological polar surface area (TPSA) is 67.4 Å². The number of rotatable bonds is 5. The molecule has 0 aliphatic heterocycles. The summed E-state index contributed by atoms with van der Waals surface area (Å²) in [6.07, 6.45) is 0.319. The maximum Gasteiger partial charge on any atom is 0.340 e. The Kier molecular flexibility index (Phi) is 5.61. The quantitative estimate of drug-likeness (QED) is 0.799. The van der Waals surface area contributed by atoms with Crippen LogP contribution in [0.25, 0.3) is 0 Å². The Hall–Kier alpha value is -1.59. The van der Waals surface area contributed by atoms with Gasteiger partial charge in [0.25, 0.3) is 0 Å². The minimum Gasteiger partial charge on any atom is -0.465 e. The van der Waals surface area contributed by atoms with Crippen LogP contribution in [-0.4, -0.2) is 32.6 Å². The predicted molar refractivity (Wildman–Crippen MR) is 70.0 cm³/mol. The lowest BCUT2D eigenvalue weighted by molar-refractivity contribution is -0.116. The molecular weight excluding hydrogens is 256 g/mol. The van der Waals surface area contributed by atoms with E-state index < -0.39 is 5.97 Å². The van der Waals surface area contributed by atoms with E-state index in [4.69, 9.17) is 11.6 Å². The molecule has 1 amide bonds. The number of nitrogens with one attached hydrogen (secondary N) is 2. The Balaban J connectivity index is 2.87. The van der Waals surface area contributed by atoms with E-state index in [1.165, 1.54) is 13.2 Å². The number of hydrogen-bond donors (Lipinski definition) is 2. The van der Waals surface area contributed by atoms with E-state index in [9.17, 15) is 9.59 Å². The summed E-state index contributed by atoms with van der Waals surface area (Å²) in [7, 11) is 3.03. The molecule has 1 aromatic carbocycles. The molecular formula is C12H15ClN2O3. The molecule has 0 radical (unpaired) electrons. The third-order valence-electron chi connectivity index (χ3n) is 2.26. The summed E-state index contributed by atoms with van der Waals surface area (Å²) in [6, 6.07) is 4.63. The fourth-order valence-electron chi connectivity index (χ4n) is 1.36. The van der Waals surface area contributed by atoms with Crippen LogP contribution in [0.15, 0.2) is 18.2 Å². The zero-order valence-corrected chi connectivity index (χ0v) is 11.0. The smallest absolute Gasteiger partial charge is 0.340 e. The predicted octanol–water partition coefficient (Wildman–Crippen LogP) is 1.67. The van der Waals surface area contributed by atoms with Crippen LogP contribution in [0.5, 0.6) is 0 Å². The SMILES string of the molecule is CNCCC(=O)Nc1ccc(Cl)cc1C(=O)OC. The first-order valence-electron chi connectivity index (χ1n) is 5.40. The minimum absolute atomic E-state index is 0.183. The maximum atomic E-state index is 11.6. The van der Waals surface area contributed by atoms with Crippen molar-refractivity contribution < 1.29 is 14.3 Å². The number of ether oxygens (including phenoxy) is 1. The van der Waals surface area contributed by atoms with Gasteiger partial charge < -0.3 is 15.4 Å². The summed E-state index contributed by atoms with van der Waals surface area (Å²) in [5.74, 6) is -0.724. The third kappa shape index (κ3) is 4.01. The summed E-state index contributed by atoms with van der Waals surface area (Å²) in [4.78, 5) is 23.1. The molecule has 0 aromatic heterocycles. The number of carbonyl (C=O) groups excluding carboxylic acids is 2. The Morgan fingerprint density at radius 2 is 2.11 bits per heavy atom. The second-order valence-electron chi connectivity index (χ2n) is 3.58. The van der Waals surface area contributed by atoms with Crippen molar-refractivity contribution in [2.45, 2.75) is 6.42 Å². The number of methoxy groups -OCH3 is 1. The van der Waals surface area contributed by atoms with Crippen molar-refractivity contribution in [3.05, 3.63) is 28.8 Å². The number of carbonyl (C=O) groups is 2. The van der Waals surface area contributed by atoms with Crippen molar-refractivity contribution in [2.75, 3.05) is 26.0 Å². The van der Waals surface area contributed by atoms with Crippen LogP contribution < -0.4 is 10.6 Å². The second-order valence-corrected chi connectivity index (χ2v) is 4.02. The van der Waals surface area contributed by atoms with Gasteiger partial charge >= 0.3 is 5.97 Å². The highest BCUT2D eigenvalue weighted by molar-refractivity contribution is 6.31. The molecule has 98 valence electrons. The molecule has 0 heterocycles. The Morgan fingerprint density at radius 1 is 1.39 bits per heavy atom. The van der Waals surface area contributed by atoms with Crippen LogP contribution in [0.1, 0.15) is 16.8 Å². The molecule has 0 atom stereocenters. The number of halogens is 1. The Morgan fingerprint density at radius 3 is 2.72 bits per heavy atom. The summed E-state index contributed by atoms with van der Waals surface area (Å²) in [5.41, 5.74) is 0.634. The molecule has 6 heteroatoms. The number of esters is 1. The Bertz CT molecular complexity index is 449. The molecule has 0 fully saturated rings. The monoisotopic (exact) mass is 270 g/mol. The maximum absolute atomic E-state index is 11.6. The van der Waals surface area contributed by atoms with Gasteiger partial charge in [0.1, 0.15) is 0 Å². The van der Waals surface area contributed by atoms with Crippen LogP contribution in [0, 0.1) is 0 Å². The van der Waals surface area contributed by atoms with E-state index in [2.05, 4.69) is 15.4 Å². The van der Waals surface area contributed by atoms with Crippen LogP contribution in [-0.2, 0) is 9.53 Å². The van der Waals surface area contributed by atoms with Gasteiger partial charge in [-0.05, 0) is 25.2 Å². The molecule has 1 aromatic rings. The average Bonchev–Trinajstić information content (AvgIpc) is 2.37. The second kappa shape index (κ2) is 6.98. The van der Waals surface area contributed by atoms with Gasteiger partial charge in [0.05, 0.1) is 18.4 Å². The van der Waals surface area contributed by atoms with Gasteiger partial charge in [0.2, 0.25) is 5.91 Å². The van der Waals surface area contributed by atoms with Gasteiger partial charge in [-0.1, -0.05) is 11.6 Å². The molecule has 0 aliphatic rings. The number of amides is 1. The zero-order chi connectivity index (χ0) is 13.5. The van der Waals surface area contributed by atoms with Crippen LogP contribution >= 0.6 is 11.6 Å². The van der Waals surface area contributed by atoms with Crippen LogP contribution in [0.3, 0.4) is 0 Å². The van der Waals surface area contributed by atoms with Gasteiger partial charge in [-0.3, -0.25) is 4.79 Å². The first kappa shape index (κ1) is 14.5. The standard InChI is InChI=1S/C12H15ClN2O3/c1-14-6-5-11(16)15-10-4-3-8(13)7-9(10)12(17)18-2/h3-4,7,14H,5-6H2,1-2H3,(H,15,16). The minimum atomic E-state index is -0.540. The van der Waals surface area contributed by atoms with Gasteiger partial charge in [0.15, 0.2) is 0 Å². The largest absolute Gasteiger partial charge is 0.465 e. The zero-order valence-electron chi connectivity index (χ0n) is 10.2. The van der Waals surface area contributed by atoms with Gasteiger partial charge in [-0.25, -0.2) is 4.79 Å². The van der Waals surface area contributed by atoms with Gasteiger partial charge in [0, 0.05) is 18.0 Å². The van der Waals surface area contributed by atoms with E-state index >= 15 is 0 Å². The lowest BCUT2D eigenvalue weighted by atomic mass is 10.1. The van der Waals surface area contributed by atoms with E-state index in [0.29, 0.717) is 23.7 Å². The highest BCUT2D eigenvalue weighted by Crippen LogP contribution is 2.21. The van der Waals surface area contributed by atoms with Crippen LogP contribution in [0.4, 0.5) is 5.69 Å². The Labute approximate surface area is 110 Å². The van der Waals surface area contributed by atoms with Gasteiger partial charge in [-0.2, -0.15) is 0 Å². The van der Waals surface area contributed by atoms with E-state index in [1.54, 1.807) is 19.2 Å². The fraction of sp³-hybridized carbons (Fsp3) is 0.333. The number of anilines is 1. The fourth-order valence-corrected chi connectivity index (χ4v) is 1.53. The lowest BCUT2D eigenvalue weighted by Crippen LogP contribution is -2.20. The van der Waals surface area contributed by atoms with E-state index in [1.807, 2.05) is 0 Å². The third-order valence-corrected chi connectivity index (χ3v) is 2.50. The van der Waals surface area contributed by atoms with Crippen LogP contribution in [0.2, 0.25) is 5.02 Å². The van der Waals surface area contributed by atoms with Crippen molar-refractivity contribution in [1.29, 1.82) is 0 Å². The molecule has 18 heavy (non-hydrogen) atoms. The first-order valence-corrected chi connectivity index (χ1v) is 5.78. The van der Waals surface area contributed by atoms with E-state index in [0.717, 1.165) is 0 Å². The molecule has 5 nitrogen and oxygen atoms in total. The number of benzene rings is 1. The molecule has 0 aliphatic carbocycles. The lowest BCUT2D eigenvalue weighted by Gasteiger charge is -2.10. The molecule has 0 spiro atoms. The molecule has 0 saturated heterocycles. The molecule has 0 unspecified atom stereocenters.